The molecule has 0 aliphatic carbocycles. The van der Waals surface area contributed by atoms with Gasteiger partial charge in [0.25, 0.3) is 0 Å². The van der Waals surface area contributed by atoms with Crippen molar-refractivity contribution in [2.45, 2.75) is 19.3 Å². The van der Waals surface area contributed by atoms with E-state index in [1.165, 1.54) is 0 Å². The number of unbranched alkanes of at least 4 members (excludes halogenated alkanes) is 2. The molecule has 5 heteroatoms. The Morgan fingerprint density at radius 1 is 1.10 bits per heavy atom. The summed E-state index contributed by atoms with van der Waals surface area (Å²) in [4.78, 5) is 14.7. The van der Waals surface area contributed by atoms with Crippen LogP contribution in [0.5, 0.6) is 0 Å². The van der Waals surface area contributed by atoms with Crippen molar-refractivity contribution in [3.63, 3.8) is 0 Å². The van der Waals surface area contributed by atoms with E-state index in [9.17, 15) is 4.79 Å². The van der Waals surface area contributed by atoms with Crippen LogP contribution < -0.4 is 10.6 Å². The van der Waals surface area contributed by atoms with Crippen molar-refractivity contribution in [1.29, 1.82) is 0 Å². The van der Waals surface area contributed by atoms with E-state index in [2.05, 4.69) is 15.6 Å². The van der Waals surface area contributed by atoms with Gasteiger partial charge in [0.15, 0.2) is 0 Å². The molecule has 1 aromatic heterocycles. The highest BCUT2D eigenvalue weighted by Gasteiger charge is 2.00. The molecule has 0 bridgehead atoms. The summed E-state index contributed by atoms with van der Waals surface area (Å²) < 4.78 is 0. The fourth-order valence-electron chi connectivity index (χ4n) is 2.09. The summed E-state index contributed by atoms with van der Waals surface area (Å²) in [5.41, 5.74) is 2.04. The lowest BCUT2D eigenvalue weighted by Gasteiger charge is -2.08. The van der Waals surface area contributed by atoms with Gasteiger partial charge in [-0.1, -0.05) is 18.2 Å². The van der Waals surface area contributed by atoms with Gasteiger partial charge in [0, 0.05) is 24.7 Å². The molecular formula is C15H19N3O2. The second-order valence-corrected chi connectivity index (χ2v) is 4.60. The maximum Gasteiger partial charge on any atom is 0.404 e. The lowest BCUT2D eigenvalue weighted by atomic mass is 10.2. The second-order valence-electron chi connectivity index (χ2n) is 4.60. The molecule has 0 aliphatic heterocycles. The molecule has 0 unspecified atom stereocenters. The van der Waals surface area contributed by atoms with Gasteiger partial charge in [-0.15, -0.1) is 0 Å². The Balaban J connectivity index is 1.75. The zero-order valence-corrected chi connectivity index (χ0v) is 11.3. The summed E-state index contributed by atoms with van der Waals surface area (Å²) in [6.45, 7) is 1.38. The summed E-state index contributed by atoms with van der Waals surface area (Å²) in [5.74, 6) is 0. The van der Waals surface area contributed by atoms with E-state index >= 15 is 0 Å². The fourth-order valence-corrected chi connectivity index (χ4v) is 2.09. The van der Waals surface area contributed by atoms with Crippen LogP contribution >= 0.6 is 0 Å². The van der Waals surface area contributed by atoms with Crippen molar-refractivity contribution in [3.05, 3.63) is 36.5 Å². The van der Waals surface area contributed by atoms with Gasteiger partial charge in [0.05, 0.1) is 11.2 Å². The maximum absolute atomic E-state index is 10.3. The quantitative estimate of drug-likeness (QED) is 0.678. The van der Waals surface area contributed by atoms with Crippen molar-refractivity contribution < 1.29 is 9.90 Å². The zero-order chi connectivity index (χ0) is 14.2. The highest BCUT2D eigenvalue weighted by Crippen LogP contribution is 2.20. The van der Waals surface area contributed by atoms with Gasteiger partial charge in [-0.05, 0) is 31.4 Å². The number of nitrogens with zero attached hydrogens (tertiary/aromatic N) is 1. The van der Waals surface area contributed by atoms with Crippen LogP contribution in [0, 0.1) is 0 Å². The summed E-state index contributed by atoms with van der Waals surface area (Å²) in [7, 11) is 0. The van der Waals surface area contributed by atoms with Crippen LogP contribution in [0.15, 0.2) is 36.5 Å². The SMILES string of the molecule is O=C(O)NCCCCCNc1cccc2cccnc12. The summed E-state index contributed by atoms with van der Waals surface area (Å²) >= 11 is 0. The van der Waals surface area contributed by atoms with E-state index in [1.54, 1.807) is 6.20 Å². The normalized spacial score (nSPS) is 10.4. The molecule has 0 saturated carbocycles. The van der Waals surface area contributed by atoms with Gasteiger partial charge in [-0.2, -0.15) is 0 Å². The predicted molar refractivity (Wildman–Crippen MR) is 80.1 cm³/mol. The Bertz CT molecular complexity index is 567. The molecule has 0 aliphatic rings. The molecule has 0 fully saturated rings. The third-order valence-corrected chi connectivity index (χ3v) is 3.08. The number of anilines is 1. The van der Waals surface area contributed by atoms with E-state index < -0.39 is 6.09 Å². The van der Waals surface area contributed by atoms with E-state index in [4.69, 9.17) is 5.11 Å². The van der Waals surface area contributed by atoms with E-state index in [0.29, 0.717) is 6.54 Å². The maximum atomic E-state index is 10.3. The van der Waals surface area contributed by atoms with E-state index in [1.807, 2.05) is 30.3 Å². The minimum Gasteiger partial charge on any atom is -0.465 e. The number of pyridine rings is 1. The lowest BCUT2D eigenvalue weighted by molar-refractivity contribution is 0.194. The zero-order valence-electron chi connectivity index (χ0n) is 11.3. The molecule has 1 amide bonds. The average Bonchev–Trinajstić information content (AvgIpc) is 2.46. The van der Waals surface area contributed by atoms with Crippen LogP contribution in [-0.4, -0.2) is 29.3 Å². The van der Waals surface area contributed by atoms with Crippen molar-refractivity contribution in [2.75, 3.05) is 18.4 Å². The topological polar surface area (TPSA) is 74.2 Å². The number of benzene rings is 1. The van der Waals surface area contributed by atoms with Crippen LogP contribution in [0.2, 0.25) is 0 Å². The molecule has 20 heavy (non-hydrogen) atoms. The third kappa shape index (κ3) is 4.12. The molecule has 3 N–H and O–H groups in total. The molecular weight excluding hydrogens is 254 g/mol. The number of aromatic nitrogens is 1. The largest absolute Gasteiger partial charge is 0.465 e. The monoisotopic (exact) mass is 273 g/mol. The molecule has 1 aromatic carbocycles. The third-order valence-electron chi connectivity index (χ3n) is 3.08. The number of nitrogens with one attached hydrogen (secondary N) is 2. The first kappa shape index (κ1) is 14.1. The number of hydrogen-bond acceptors (Lipinski definition) is 3. The summed E-state index contributed by atoms with van der Waals surface area (Å²) in [6.07, 6.45) is 3.70. The molecule has 0 radical (unpaired) electrons. The van der Waals surface area contributed by atoms with Gasteiger partial charge in [0.1, 0.15) is 0 Å². The van der Waals surface area contributed by atoms with Gasteiger partial charge < -0.3 is 15.7 Å². The van der Waals surface area contributed by atoms with Crippen LogP contribution in [0.4, 0.5) is 10.5 Å². The second kappa shape index (κ2) is 7.33. The lowest BCUT2D eigenvalue weighted by Crippen LogP contribution is -2.21. The number of rotatable bonds is 7. The predicted octanol–water partition coefficient (Wildman–Crippen LogP) is 3.08. The first-order valence-electron chi connectivity index (χ1n) is 6.82. The van der Waals surface area contributed by atoms with Gasteiger partial charge in [-0.3, -0.25) is 4.98 Å². The van der Waals surface area contributed by atoms with E-state index in [-0.39, 0.29) is 0 Å². The molecule has 5 nitrogen and oxygen atoms in total. The Labute approximate surface area is 118 Å². The van der Waals surface area contributed by atoms with Crippen LogP contribution in [0.3, 0.4) is 0 Å². The van der Waals surface area contributed by atoms with E-state index in [0.717, 1.165) is 42.4 Å². The molecule has 2 aromatic rings. The molecule has 2 rings (SSSR count). The number of amides is 1. The summed E-state index contributed by atoms with van der Waals surface area (Å²) in [5, 5.41) is 15.3. The van der Waals surface area contributed by atoms with Crippen molar-refractivity contribution in [2.24, 2.45) is 0 Å². The highest BCUT2D eigenvalue weighted by molar-refractivity contribution is 5.90. The summed E-state index contributed by atoms with van der Waals surface area (Å²) in [6, 6.07) is 10.1. The minimum atomic E-state index is -0.954. The fraction of sp³-hybridized carbons (Fsp3) is 0.333. The number of para-hydroxylation sites is 1. The van der Waals surface area contributed by atoms with Crippen LogP contribution in [0.25, 0.3) is 10.9 Å². The average molecular weight is 273 g/mol. The Morgan fingerprint density at radius 2 is 1.90 bits per heavy atom. The number of fused-ring (bicyclic) bond motifs is 1. The molecule has 0 saturated heterocycles. The first-order valence-corrected chi connectivity index (χ1v) is 6.82. The molecule has 1 heterocycles. The Hall–Kier alpha value is -2.30. The van der Waals surface area contributed by atoms with Crippen LogP contribution in [-0.2, 0) is 0 Å². The van der Waals surface area contributed by atoms with Gasteiger partial charge in [0.2, 0.25) is 0 Å². The van der Waals surface area contributed by atoms with Crippen LogP contribution in [0.1, 0.15) is 19.3 Å². The number of carboxylic acid groups (broad SMARTS) is 1. The van der Waals surface area contributed by atoms with Crippen molar-refractivity contribution in [3.8, 4) is 0 Å². The molecule has 106 valence electrons. The number of carbonyl (C=O) groups is 1. The Morgan fingerprint density at radius 3 is 2.75 bits per heavy atom. The standard InChI is InChI=1S/C15H19N3O2/c19-15(20)18-10-3-1-2-9-16-13-8-4-6-12-7-5-11-17-14(12)13/h4-8,11,16,18H,1-3,9-10H2,(H,19,20). The minimum absolute atomic E-state index is 0.519. The van der Waals surface area contributed by atoms with Gasteiger partial charge >= 0.3 is 6.09 Å². The Kier molecular flexibility index (Phi) is 5.17. The molecule has 0 atom stereocenters. The first-order chi connectivity index (χ1) is 9.77. The smallest absolute Gasteiger partial charge is 0.404 e. The number of hydrogen-bond donors (Lipinski definition) is 3. The van der Waals surface area contributed by atoms with Crippen molar-refractivity contribution >= 4 is 22.7 Å². The van der Waals surface area contributed by atoms with Gasteiger partial charge in [-0.25, -0.2) is 4.79 Å². The van der Waals surface area contributed by atoms with Crippen molar-refractivity contribution in [1.82, 2.24) is 10.3 Å². The molecule has 0 spiro atoms. The highest BCUT2D eigenvalue weighted by atomic mass is 16.4.